The number of para-hydroxylation sites is 2. The molecule has 0 spiro atoms. The third-order valence-corrected chi connectivity index (χ3v) is 2.97. The summed E-state index contributed by atoms with van der Waals surface area (Å²) in [5, 5.41) is 2.95. The van der Waals surface area contributed by atoms with E-state index in [1.54, 1.807) is 13.2 Å². The Hall–Kier alpha value is -2.76. The van der Waals surface area contributed by atoms with Crippen molar-refractivity contribution in [2.45, 2.75) is 6.54 Å². The predicted molar refractivity (Wildman–Crippen MR) is 84.9 cm³/mol. The van der Waals surface area contributed by atoms with Crippen LogP contribution in [-0.2, 0) is 6.54 Å². The van der Waals surface area contributed by atoms with Gasteiger partial charge in [0.2, 0.25) is 0 Å². The topological polar surface area (TPSA) is 68.9 Å². The van der Waals surface area contributed by atoms with Gasteiger partial charge in [0.15, 0.2) is 5.96 Å². The van der Waals surface area contributed by atoms with E-state index in [0.717, 1.165) is 0 Å². The molecule has 0 unspecified atom stereocenters. The molecule has 0 aliphatic rings. The fraction of sp³-hybridized carbons (Fsp3) is 0.188. The minimum absolute atomic E-state index is 0.215. The standard InChI is InChI=1S/C16H18FN3O2/c1-21-13-8-11(7-12(17)9-13)10-19-16(18)20-14-5-3-4-6-15(14)22-2/h3-9H,10H2,1-2H3,(H3,18,19,20). The van der Waals surface area contributed by atoms with Crippen LogP contribution in [0.1, 0.15) is 5.56 Å². The van der Waals surface area contributed by atoms with Crippen LogP contribution in [0.3, 0.4) is 0 Å². The highest BCUT2D eigenvalue weighted by Gasteiger charge is 2.04. The maximum atomic E-state index is 13.4. The summed E-state index contributed by atoms with van der Waals surface area (Å²) in [6.07, 6.45) is 0. The Morgan fingerprint density at radius 1 is 1.18 bits per heavy atom. The molecule has 0 heterocycles. The first-order valence-electron chi connectivity index (χ1n) is 6.66. The zero-order valence-corrected chi connectivity index (χ0v) is 12.5. The van der Waals surface area contributed by atoms with Crippen LogP contribution in [0.25, 0.3) is 0 Å². The average molecular weight is 303 g/mol. The van der Waals surface area contributed by atoms with Crippen LogP contribution in [0.5, 0.6) is 11.5 Å². The lowest BCUT2D eigenvalue weighted by Crippen LogP contribution is -2.22. The second-order valence-corrected chi connectivity index (χ2v) is 4.53. The number of guanidine groups is 1. The van der Waals surface area contributed by atoms with Crippen molar-refractivity contribution in [2.75, 3.05) is 19.5 Å². The zero-order chi connectivity index (χ0) is 15.9. The summed E-state index contributed by atoms with van der Waals surface area (Å²) in [7, 11) is 3.06. The van der Waals surface area contributed by atoms with Crippen molar-refractivity contribution >= 4 is 11.6 Å². The summed E-state index contributed by atoms with van der Waals surface area (Å²) < 4.78 is 23.6. The van der Waals surface area contributed by atoms with E-state index in [2.05, 4.69) is 10.3 Å². The Balaban J connectivity index is 2.08. The van der Waals surface area contributed by atoms with E-state index in [4.69, 9.17) is 15.2 Å². The van der Waals surface area contributed by atoms with Gasteiger partial charge in [-0.2, -0.15) is 0 Å². The first-order valence-corrected chi connectivity index (χ1v) is 6.66. The molecule has 0 amide bonds. The number of nitrogens with two attached hydrogens (primary N) is 1. The molecule has 116 valence electrons. The van der Waals surface area contributed by atoms with Gasteiger partial charge in [-0.1, -0.05) is 12.1 Å². The zero-order valence-electron chi connectivity index (χ0n) is 12.5. The van der Waals surface area contributed by atoms with Crippen LogP contribution < -0.4 is 20.5 Å². The third-order valence-electron chi connectivity index (χ3n) is 2.97. The first-order chi connectivity index (χ1) is 10.6. The maximum absolute atomic E-state index is 13.4. The van der Waals surface area contributed by atoms with E-state index in [-0.39, 0.29) is 18.3 Å². The van der Waals surface area contributed by atoms with Crippen LogP contribution in [-0.4, -0.2) is 20.2 Å². The summed E-state index contributed by atoms with van der Waals surface area (Å²) in [6, 6.07) is 11.8. The van der Waals surface area contributed by atoms with Gasteiger partial charge >= 0.3 is 0 Å². The van der Waals surface area contributed by atoms with Crippen LogP contribution in [0, 0.1) is 5.82 Å². The average Bonchev–Trinajstić information content (AvgIpc) is 2.53. The molecule has 0 radical (unpaired) electrons. The summed E-state index contributed by atoms with van der Waals surface area (Å²) in [5.41, 5.74) is 7.22. The molecule has 0 bridgehead atoms. The minimum atomic E-state index is -0.374. The monoisotopic (exact) mass is 303 g/mol. The molecular formula is C16H18FN3O2. The van der Waals surface area contributed by atoms with Crippen LogP contribution in [0.2, 0.25) is 0 Å². The number of nitrogens with one attached hydrogen (secondary N) is 1. The molecule has 0 atom stereocenters. The largest absolute Gasteiger partial charge is 0.497 e. The molecule has 0 saturated heterocycles. The summed E-state index contributed by atoms with van der Waals surface area (Å²) >= 11 is 0. The summed E-state index contributed by atoms with van der Waals surface area (Å²) in [4.78, 5) is 4.19. The van der Waals surface area contributed by atoms with Gasteiger partial charge in [-0.15, -0.1) is 0 Å². The second-order valence-electron chi connectivity index (χ2n) is 4.53. The molecule has 0 fully saturated rings. The molecule has 2 rings (SSSR count). The van der Waals surface area contributed by atoms with Crippen molar-refractivity contribution < 1.29 is 13.9 Å². The van der Waals surface area contributed by atoms with E-state index >= 15 is 0 Å². The Labute approximate surface area is 128 Å². The van der Waals surface area contributed by atoms with Crippen molar-refractivity contribution in [3.63, 3.8) is 0 Å². The van der Waals surface area contributed by atoms with Gasteiger partial charge in [0.25, 0.3) is 0 Å². The van der Waals surface area contributed by atoms with Crippen molar-refractivity contribution in [3.05, 3.63) is 53.8 Å². The Kier molecular flexibility index (Phi) is 5.19. The van der Waals surface area contributed by atoms with Crippen molar-refractivity contribution in [3.8, 4) is 11.5 Å². The number of halogens is 1. The lowest BCUT2D eigenvalue weighted by molar-refractivity contribution is 0.410. The van der Waals surface area contributed by atoms with Crippen molar-refractivity contribution in [2.24, 2.45) is 10.7 Å². The molecule has 2 aromatic rings. The number of hydrogen-bond donors (Lipinski definition) is 2. The Morgan fingerprint density at radius 2 is 1.95 bits per heavy atom. The fourth-order valence-electron chi connectivity index (χ4n) is 1.93. The number of nitrogens with zero attached hydrogens (tertiary/aromatic N) is 1. The number of rotatable bonds is 5. The number of hydrogen-bond acceptors (Lipinski definition) is 3. The fourth-order valence-corrected chi connectivity index (χ4v) is 1.93. The van der Waals surface area contributed by atoms with Crippen LogP contribution in [0.4, 0.5) is 10.1 Å². The van der Waals surface area contributed by atoms with Gasteiger partial charge in [-0.3, -0.25) is 0 Å². The van der Waals surface area contributed by atoms with E-state index in [1.807, 2.05) is 24.3 Å². The molecule has 3 N–H and O–H groups in total. The molecule has 5 nitrogen and oxygen atoms in total. The maximum Gasteiger partial charge on any atom is 0.193 e. The number of aliphatic imine (C=N–C) groups is 1. The minimum Gasteiger partial charge on any atom is -0.497 e. The SMILES string of the molecule is COc1cc(F)cc(CN=C(N)Nc2ccccc2OC)c1. The Bertz CT molecular complexity index is 674. The van der Waals surface area contributed by atoms with E-state index in [9.17, 15) is 4.39 Å². The smallest absolute Gasteiger partial charge is 0.193 e. The van der Waals surface area contributed by atoms with E-state index in [0.29, 0.717) is 22.7 Å². The number of anilines is 1. The first kappa shape index (κ1) is 15.6. The van der Waals surface area contributed by atoms with Crippen LogP contribution >= 0.6 is 0 Å². The van der Waals surface area contributed by atoms with Crippen molar-refractivity contribution in [1.82, 2.24) is 0 Å². The lowest BCUT2D eigenvalue weighted by Gasteiger charge is -2.10. The summed E-state index contributed by atoms with van der Waals surface area (Å²) in [6.45, 7) is 0.238. The van der Waals surface area contributed by atoms with Crippen molar-refractivity contribution in [1.29, 1.82) is 0 Å². The normalized spacial score (nSPS) is 11.1. The van der Waals surface area contributed by atoms with Crippen LogP contribution in [0.15, 0.2) is 47.5 Å². The highest BCUT2D eigenvalue weighted by Crippen LogP contribution is 2.22. The van der Waals surface area contributed by atoms with Gasteiger partial charge in [0.05, 0.1) is 26.5 Å². The second kappa shape index (κ2) is 7.31. The third kappa shape index (κ3) is 4.12. The molecule has 0 aliphatic heterocycles. The lowest BCUT2D eigenvalue weighted by atomic mass is 10.2. The van der Waals surface area contributed by atoms with Gasteiger partial charge in [0, 0.05) is 6.07 Å². The van der Waals surface area contributed by atoms with E-state index in [1.165, 1.54) is 19.2 Å². The quantitative estimate of drug-likeness (QED) is 0.658. The molecule has 0 aliphatic carbocycles. The molecule has 6 heteroatoms. The number of methoxy groups -OCH3 is 2. The van der Waals surface area contributed by atoms with E-state index < -0.39 is 0 Å². The molecule has 0 aromatic heterocycles. The number of benzene rings is 2. The molecular weight excluding hydrogens is 285 g/mol. The highest BCUT2D eigenvalue weighted by molar-refractivity contribution is 5.93. The molecule has 22 heavy (non-hydrogen) atoms. The molecule has 2 aromatic carbocycles. The van der Waals surface area contributed by atoms with Gasteiger partial charge in [-0.05, 0) is 29.8 Å². The summed E-state index contributed by atoms with van der Waals surface area (Å²) in [5.74, 6) is 0.947. The highest BCUT2D eigenvalue weighted by atomic mass is 19.1. The van der Waals surface area contributed by atoms with Gasteiger partial charge in [-0.25, -0.2) is 9.38 Å². The Morgan fingerprint density at radius 3 is 2.68 bits per heavy atom. The number of ether oxygens (including phenoxy) is 2. The molecule has 0 saturated carbocycles. The predicted octanol–water partition coefficient (Wildman–Crippen LogP) is 2.77. The van der Waals surface area contributed by atoms with Gasteiger partial charge < -0.3 is 20.5 Å². The van der Waals surface area contributed by atoms with Gasteiger partial charge in [0.1, 0.15) is 17.3 Å².